The second kappa shape index (κ2) is 7.99. The molecule has 0 bridgehead atoms. The van der Waals surface area contributed by atoms with E-state index in [1.54, 1.807) is 6.21 Å². The van der Waals surface area contributed by atoms with E-state index in [0.29, 0.717) is 11.3 Å². The third kappa shape index (κ3) is 4.98. The predicted molar refractivity (Wildman–Crippen MR) is 93.7 cm³/mol. The fourth-order valence-electron chi connectivity index (χ4n) is 1.81. The van der Waals surface area contributed by atoms with Crippen LogP contribution in [0.2, 0.25) is 10.0 Å². The van der Waals surface area contributed by atoms with Crippen molar-refractivity contribution < 1.29 is 9.53 Å². The quantitative estimate of drug-likeness (QED) is 0.635. The van der Waals surface area contributed by atoms with Gasteiger partial charge in [-0.05, 0) is 31.5 Å². The van der Waals surface area contributed by atoms with Gasteiger partial charge in [0.25, 0.3) is 5.91 Å². The molecule has 6 heteroatoms. The molecule has 0 unspecified atom stereocenters. The summed E-state index contributed by atoms with van der Waals surface area (Å²) in [4.78, 5) is 12.1. The standard InChI is InChI=1S/C17H16Cl2N2O2/c1-11(2)23-16-14(18)8-13(9-15(16)19)17(22)21-20-10-12-6-4-3-5-7-12/h3-11H,1-2H3,(H,21,22). The fourth-order valence-corrected chi connectivity index (χ4v) is 2.38. The Morgan fingerprint density at radius 2 is 1.78 bits per heavy atom. The number of rotatable bonds is 5. The van der Waals surface area contributed by atoms with Gasteiger partial charge in [0.05, 0.1) is 22.4 Å². The highest BCUT2D eigenvalue weighted by Gasteiger charge is 2.14. The lowest BCUT2D eigenvalue weighted by Crippen LogP contribution is -2.18. The Bertz CT molecular complexity index is 693. The van der Waals surface area contributed by atoms with Crippen molar-refractivity contribution in [2.75, 3.05) is 0 Å². The predicted octanol–water partition coefficient (Wildman–Crippen LogP) is 4.54. The molecule has 0 fully saturated rings. The molecule has 0 atom stereocenters. The number of amides is 1. The molecule has 0 aliphatic carbocycles. The van der Waals surface area contributed by atoms with Gasteiger partial charge in [-0.2, -0.15) is 5.10 Å². The first-order valence-electron chi connectivity index (χ1n) is 7.01. The Morgan fingerprint density at radius 1 is 1.17 bits per heavy atom. The molecule has 23 heavy (non-hydrogen) atoms. The molecule has 4 nitrogen and oxygen atoms in total. The van der Waals surface area contributed by atoms with E-state index >= 15 is 0 Å². The fraction of sp³-hybridized carbons (Fsp3) is 0.176. The number of hydrazone groups is 1. The first-order chi connectivity index (χ1) is 11.0. The lowest BCUT2D eigenvalue weighted by atomic mass is 10.2. The number of carbonyl (C=O) groups is 1. The van der Waals surface area contributed by atoms with Crippen LogP contribution in [0, 0.1) is 0 Å². The molecule has 0 aromatic heterocycles. The van der Waals surface area contributed by atoms with Crippen LogP contribution in [0.5, 0.6) is 5.75 Å². The Balaban J connectivity index is 2.09. The lowest BCUT2D eigenvalue weighted by molar-refractivity contribution is 0.0955. The molecule has 1 amide bonds. The van der Waals surface area contributed by atoms with E-state index < -0.39 is 5.91 Å². The van der Waals surface area contributed by atoms with E-state index in [4.69, 9.17) is 27.9 Å². The molecular formula is C17H16Cl2N2O2. The van der Waals surface area contributed by atoms with Crippen LogP contribution >= 0.6 is 23.2 Å². The van der Waals surface area contributed by atoms with Crippen LogP contribution in [0.15, 0.2) is 47.6 Å². The number of benzene rings is 2. The maximum absolute atomic E-state index is 12.1. The molecule has 120 valence electrons. The monoisotopic (exact) mass is 350 g/mol. The first-order valence-corrected chi connectivity index (χ1v) is 7.77. The molecule has 0 saturated carbocycles. The van der Waals surface area contributed by atoms with Crippen molar-refractivity contribution in [3.63, 3.8) is 0 Å². The maximum atomic E-state index is 12.1. The summed E-state index contributed by atoms with van der Waals surface area (Å²) in [5.41, 5.74) is 3.62. The van der Waals surface area contributed by atoms with Crippen LogP contribution < -0.4 is 10.2 Å². The smallest absolute Gasteiger partial charge is 0.271 e. The minimum atomic E-state index is -0.405. The normalized spacial score (nSPS) is 11.0. The molecule has 0 heterocycles. The molecule has 0 aliphatic heterocycles. The van der Waals surface area contributed by atoms with E-state index in [9.17, 15) is 4.79 Å². The van der Waals surface area contributed by atoms with Crippen molar-refractivity contribution in [3.05, 3.63) is 63.6 Å². The summed E-state index contributed by atoms with van der Waals surface area (Å²) in [6.45, 7) is 3.73. The number of hydrogen-bond donors (Lipinski definition) is 1. The highest BCUT2D eigenvalue weighted by Crippen LogP contribution is 2.34. The van der Waals surface area contributed by atoms with Crippen molar-refractivity contribution in [3.8, 4) is 5.75 Å². The summed E-state index contributed by atoms with van der Waals surface area (Å²) in [6, 6.07) is 12.4. The first kappa shape index (κ1) is 17.3. The van der Waals surface area contributed by atoms with Gasteiger partial charge in [0.2, 0.25) is 0 Å². The highest BCUT2D eigenvalue weighted by atomic mass is 35.5. The molecule has 1 N–H and O–H groups in total. The SMILES string of the molecule is CC(C)Oc1c(Cl)cc(C(=O)NN=Cc2ccccc2)cc1Cl. The van der Waals surface area contributed by atoms with Gasteiger partial charge in [0.1, 0.15) is 0 Å². The number of nitrogens with zero attached hydrogens (tertiary/aromatic N) is 1. The summed E-state index contributed by atoms with van der Waals surface area (Å²) in [5.74, 6) is -0.0373. The summed E-state index contributed by atoms with van der Waals surface area (Å²) in [6.07, 6.45) is 1.48. The highest BCUT2D eigenvalue weighted by molar-refractivity contribution is 6.37. The van der Waals surface area contributed by atoms with Crippen LogP contribution in [0.1, 0.15) is 29.8 Å². The van der Waals surface area contributed by atoms with Gasteiger partial charge in [-0.3, -0.25) is 4.79 Å². The molecule has 2 rings (SSSR count). The Kier molecular flexibility index (Phi) is 6.02. The lowest BCUT2D eigenvalue weighted by Gasteiger charge is -2.13. The maximum Gasteiger partial charge on any atom is 0.271 e. The average molecular weight is 351 g/mol. The molecule has 0 saturated heterocycles. The van der Waals surface area contributed by atoms with Crippen molar-refractivity contribution in [2.24, 2.45) is 5.10 Å². The minimum absolute atomic E-state index is 0.0693. The van der Waals surface area contributed by atoms with Crippen molar-refractivity contribution in [2.45, 2.75) is 20.0 Å². The second-order valence-electron chi connectivity index (χ2n) is 5.05. The average Bonchev–Trinajstić information content (AvgIpc) is 2.51. The summed E-state index contributed by atoms with van der Waals surface area (Å²) in [7, 11) is 0. The topological polar surface area (TPSA) is 50.7 Å². The molecule has 0 aliphatic rings. The zero-order valence-corrected chi connectivity index (χ0v) is 14.2. The molecular weight excluding hydrogens is 335 g/mol. The van der Waals surface area contributed by atoms with Gasteiger partial charge in [-0.1, -0.05) is 53.5 Å². The summed E-state index contributed by atoms with van der Waals surface area (Å²) < 4.78 is 5.52. The van der Waals surface area contributed by atoms with Gasteiger partial charge < -0.3 is 4.74 Å². The van der Waals surface area contributed by atoms with E-state index in [1.807, 2.05) is 44.2 Å². The number of ether oxygens (including phenoxy) is 1. The van der Waals surface area contributed by atoms with Crippen molar-refractivity contribution >= 4 is 35.3 Å². The Morgan fingerprint density at radius 3 is 2.35 bits per heavy atom. The summed E-state index contributed by atoms with van der Waals surface area (Å²) in [5, 5.41) is 4.47. The van der Waals surface area contributed by atoms with E-state index in [2.05, 4.69) is 10.5 Å². The van der Waals surface area contributed by atoms with Crippen LogP contribution in [0.3, 0.4) is 0 Å². The molecule has 0 spiro atoms. The van der Waals surface area contributed by atoms with E-state index in [1.165, 1.54) is 12.1 Å². The number of carbonyl (C=O) groups excluding carboxylic acids is 1. The molecule has 0 radical (unpaired) electrons. The van der Waals surface area contributed by atoms with Crippen LogP contribution in [0.4, 0.5) is 0 Å². The minimum Gasteiger partial charge on any atom is -0.488 e. The van der Waals surface area contributed by atoms with Gasteiger partial charge in [0.15, 0.2) is 5.75 Å². The number of halogens is 2. The number of nitrogens with one attached hydrogen (secondary N) is 1. The van der Waals surface area contributed by atoms with E-state index in [-0.39, 0.29) is 16.1 Å². The zero-order chi connectivity index (χ0) is 16.8. The largest absolute Gasteiger partial charge is 0.488 e. The third-order valence-electron chi connectivity index (χ3n) is 2.79. The van der Waals surface area contributed by atoms with Crippen LogP contribution in [-0.2, 0) is 0 Å². The van der Waals surface area contributed by atoms with Gasteiger partial charge >= 0.3 is 0 Å². The van der Waals surface area contributed by atoms with Crippen LogP contribution in [0.25, 0.3) is 0 Å². The Labute approximate surface area is 145 Å². The third-order valence-corrected chi connectivity index (χ3v) is 3.35. The zero-order valence-electron chi connectivity index (χ0n) is 12.7. The second-order valence-corrected chi connectivity index (χ2v) is 5.86. The summed E-state index contributed by atoms with van der Waals surface area (Å²) >= 11 is 12.2. The van der Waals surface area contributed by atoms with Crippen molar-refractivity contribution in [1.82, 2.24) is 5.43 Å². The van der Waals surface area contributed by atoms with Gasteiger partial charge in [-0.15, -0.1) is 0 Å². The van der Waals surface area contributed by atoms with Gasteiger partial charge in [0, 0.05) is 5.56 Å². The van der Waals surface area contributed by atoms with E-state index in [0.717, 1.165) is 5.56 Å². The molecule has 2 aromatic carbocycles. The van der Waals surface area contributed by atoms with Crippen molar-refractivity contribution in [1.29, 1.82) is 0 Å². The number of hydrogen-bond acceptors (Lipinski definition) is 3. The molecule has 2 aromatic rings. The van der Waals surface area contributed by atoms with Crippen LogP contribution in [-0.4, -0.2) is 18.2 Å². The van der Waals surface area contributed by atoms with Gasteiger partial charge in [-0.25, -0.2) is 5.43 Å². The Hall–Kier alpha value is -2.04.